The van der Waals surface area contributed by atoms with Gasteiger partial charge in [-0.2, -0.15) is 0 Å². The lowest BCUT2D eigenvalue weighted by atomic mass is 9.49. The normalized spacial score (nSPS) is 44.2. The second kappa shape index (κ2) is 5.26. The Hall–Kier alpha value is -0.570. The van der Waals surface area contributed by atoms with Crippen LogP contribution in [-0.2, 0) is 4.79 Å². The molecule has 3 nitrogen and oxygen atoms in total. The highest BCUT2D eigenvalue weighted by atomic mass is 16.2. The number of carbonyl (C=O) groups is 1. The van der Waals surface area contributed by atoms with E-state index in [0.29, 0.717) is 17.4 Å². The minimum atomic E-state index is 0.392. The van der Waals surface area contributed by atoms with Crippen molar-refractivity contribution in [1.29, 1.82) is 0 Å². The minimum Gasteiger partial charge on any atom is -0.344 e. The molecule has 1 aliphatic heterocycles. The Labute approximate surface area is 128 Å². The van der Waals surface area contributed by atoms with E-state index in [1.807, 2.05) is 11.9 Å². The van der Waals surface area contributed by atoms with Crippen LogP contribution in [0, 0.1) is 23.2 Å². The number of rotatable bonds is 4. The smallest absolute Gasteiger partial charge is 0.222 e. The van der Waals surface area contributed by atoms with Crippen LogP contribution in [0.3, 0.4) is 0 Å². The molecular formula is C18H30N2O. The zero-order chi connectivity index (χ0) is 14.4. The van der Waals surface area contributed by atoms with Gasteiger partial charge in [-0.1, -0.05) is 0 Å². The monoisotopic (exact) mass is 290 g/mol. The molecule has 1 amide bonds. The summed E-state index contributed by atoms with van der Waals surface area (Å²) in [6.07, 6.45) is 11.8. The first-order valence-corrected chi connectivity index (χ1v) is 9.09. The third-order valence-electron chi connectivity index (χ3n) is 6.77. The van der Waals surface area contributed by atoms with Gasteiger partial charge in [-0.3, -0.25) is 4.79 Å². The second-order valence-electron chi connectivity index (χ2n) is 8.66. The van der Waals surface area contributed by atoms with Crippen molar-refractivity contribution in [2.24, 2.45) is 23.2 Å². The average Bonchev–Trinajstić information content (AvgIpc) is 2.89. The van der Waals surface area contributed by atoms with Crippen molar-refractivity contribution < 1.29 is 4.79 Å². The molecule has 21 heavy (non-hydrogen) atoms. The fourth-order valence-electron chi connectivity index (χ4n) is 6.31. The van der Waals surface area contributed by atoms with Gasteiger partial charge in [-0.05, 0) is 81.1 Å². The highest BCUT2D eigenvalue weighted by Crippen LogP contribution is 2.61. The van der Waals surface area contributed by atoms with E-state index in [4.69, 9.17) is 0 Å². The van der Waals surface area contributed by atoms with Crippen molar-refractivity contribution in [3.63, 3.8) is 0 Å². The molecule has 0 aromatic heterocycles. The molecule has 1 saturated heterocycles. The van der Waals surface area contributed by atoms with Crippen LogP contribution in [0.5, 0.6) is 0 Å². The number of hydrogen-bond donors (Lipinski definition) is 1. The molecule has 4 bridgehead atoms. The third kappa shape index (κ3) is 2.74. The molecule has 0 radical (unpaired) electrons. The Morgan fingerprint density at radius 2 is 1.76 bits per heavy atom. The summed E-state index contributed by atoms with van der Waals surface area (Å²) >= 11 is 0. The van der Waals surface area contributed by atoms with Gasteiger partial charge in [0.25, 0.3) is 0 Å². The summed E-state index contributed by atoms with van der Waals surface area (Å²) in [5.41, 5.74) is 0.392. The number of carbonyl (C=O) groups excluding carboxylic acids is 1. The van der Waals surface area contributed by atoms with Crippen molar-refractivity contribution in [2.45, 2.75) is 63.8 Å². The Morgan fingerprint density at radius 3 is 2.29 bits per heavy atom. The Morgan fingerprint density at radius 1 is 1.14 bits per heavy atom. The van der Waals surface area contributed by atoms with E-state index in [1.54, 1.807) is 0 Å². The van der Waals surface area contributed by atoms with E-state index in [2.05, 4.69) is 5.32 Å². The highest BCUT2D eigenvalue weighted by molar-refractivity contribution is 5.76. The summed E-state index contributed by atoms with van der Waals surface area (Å²) < 4.78 is 0. The summed E-state index contributed by atoms with van der Waals surface area (Å²) in [7, 11) is 2.02. The number of nitrogens with one attached hydrogen (secondary N) is 1. The molecule has 5 fully saturated rings. The lowest BCUT2D eigenvalue weighted by Gasteiger charge is -2.57. The van der Waals surface area contributed by atoms with Crippen LogP contribution in [0.4, 0.5) is 0 Å². The predicted octanol–water partition coefficient (Wildman–Crippen LogP) is 2.80. The standard InChI is InChI=1S/C18H30N2O/c1-20(12-16-3-2-4-19-16)17(21)11-18-8-13-5-14(9-18)7-15(6-13)10-18/h13-16,19H,2-12H2,1H3. The quantitative estimate of drug-likeness (QED) is 0.863. The van der Waals surface area contributed by atoms with Crippen LogP contribution in [0.1, 0.15) is 57.8 Å². The zero-order valence-electron chi connectivity index (χ0n) is 13.4. The first-order chi connectivity index (χ1) is 10.1. The Balaban J connectivity index is 1.37. The highest BCUT2D eigenvalue weighted by Gasteiger charge is 2.51. The average molecular weight is 290 g/mol. The molecule has 1 unspecified atom stereocenters. The van der Waals surface area contributed by atoms with Gasteiger partial charge in [0, 0.05) is 26.1 Å². The van der Waals surface area contributed by atoms with Crippen LogP contribution < -0.4 is 5.32 Å². The summed E-state index contributed by atoms with van der Waals surface area (Å²) in [6, 6.07) is 0.537. The fourth-order valence-corrected chi connectivity index (χ4v) is 6.31. The van der Waals surface area contributed by atoms with Crippen molar-refractivity contribution in [3.05, 3.63) is 0 Å². The Bertz CT molecular complexity index is 378. The number of hydrogen-bond acceptors (Lipinski definition) is 2. The number of nitrogens with zero attached hydrogens (tertiary/aromatic N) is 1. The fraction of sp³-hybridized carbons (Fsp3) is 0.944. The molecular weight excluding hydrogens is 260 g/mol. The molecule has 0 spiro atoms. The molecule has 1 N–H and O–H groups in total. The first-order valence-electron chi connectivity index (χ1n) is 9.09. The maximum absolute atomic E-state index is 12.7. The largest absolute Gasteiger partial charge is 0.344 e. The molecule has 1 atom stereocenters. The lowest BCUT2D eigenvalue weighted by Crippen LogP contribution is -2.49. The van der Waals surface area contributed by atoms with Crippen LogP contribution in [-0.4, -0.2) is 37.0 Å². The zero-order valence-corrected chi connectivity index (χ0v) is 13.4. The van der Waals surface area contributed by atoms with Crippen molar-refractivity contribution >= 4 is 5.91 Å². The van der Waals surface area contributed by atoms with Gasteiger partial charge in [-0.15, -0.1) is 0 Å². The van der Waals surface area contributed by atoms with Gasteiger partial charge in [-0.25, -0.2) is 0 Å². The predicted molar refractivity (Wildman–Crippen MR) is 83.9 cm³/mol. The summed E-state index contributed by atoms with van der Waals surface area (Å²) in [5, 5.41) is 3.51. The summed E-state index contributed by atoms with van der Waals surface area (Å²) in [4.78, 5) is 14.7. The van der Waals surface area contributed by atoms with E-state index in [9.17, 15) is 4.79 Å². The minimum absolute atomic E-state index is 0.392. The second-order valence-corrected chi connectivity index (χ2v) is 8.66. The van der Waals surface area contributed by atoms with Gasteiger partial charge in [0.15, 0.2) is 0 Å². The van der Waals surface area contributed by atoms with Crippen LogP contribution in [0.15, 0.2) is 0 Å². The van der Waals surface area contributed by atoms with E-state index in [1.165, 1.54) is 51.4 Å². The van der Waals surface area contributed by atoms with Gasteiger partial charge < -0.3 is 10.2 Å². The molecule has 4 saturated carbocycles. The van der Waals surface area contributed by atoms with Gasteiger partial charge in [0.1, 0.15) is 0 Å². The topological polar surface area (TPSA) is 32.3 Å². The van der Waals surface area contributed by atoms with Crippen LogP contribution >= 0.6 is 0 Å². The van der Waals surface area contributed by atoms with Gasteiger partial charge in [0.2, 0.25) is 5.91 Å². The third-order valence-corrected chi connectivity index (χ3v) is 6.77. The molecule has 0 aromatic rings. The SMILES string of the molecule is CN(CC1CCCN1)C(=O)CC12CC3CC(CC(C3)C1)C2. The Kier molecular flexibility index (Phi) is 3.52. The van der Waals surface area contributed by atoms with Crippen LogP contribution in [0.25, 0.3) is 0 Å². The van der Waals surface area contributed by atoms with E-state index >= 15 is 0 Å². The molecule has 5 rings (SSSR count). The van der Waals surface area contributed by atoms with Gasteiger partial charge >= 0.3 is 0 Å². The van der Waals surface area contributed by atoms with E-state index < -0.39 is 0 Å². The number of likely N-dealkylation sites (N-methyl/N-ethyl adjacent to an activating group) is 1. The maximum Gasteiger partial charge on any atom is 0.222 e. The van der Waals surface area contributed by atoms with Crippen molar-refractivity contribution in [3.8, 4) is 0 Å². The number of amides is 1. The molecule has 118 valence electrons. The van der Waals surface area contributed by atoms with Crippen molar-refractivity contribution in [1.82, 2.24) is 10.2 Å². The van der Waals surface area contributed by atoms with Gasteiger partial charge in [0.05, 0.1) is 0 Å². The van der Waals surface area contributed by atoms with Crippen LogP contribution in [0.2, 0.25) is 0 Å². The molecule has 3 heteroatoms. The molecule has 4 aliphatic carbocycles. The molecule has 1 heterocycles. The van der Waals surface area contributed by atoms with E-state index in [0.717, 1.165) is 37.3 Å². The summed E-state index contributed by atoms with van der Waals surface area (Å²) in [6.45, 7) is 2.03. The summed E-state index contributed by atoms with van der Waals surface area (Å²) in [5.74, 6) is 3.26. The van der Waals surface area contributed by atoms with E-state index in [-0.39, 0.29) is 0 Å². The molecule has 0 aromatic carbocycles. The van der Waals surface area contributed by atoms with Crippen molar-refractivity contribution in [2.75, 3.05) is 20.1 Å². The first kappa shape index (κ1) is 14.0. The maximum atomic E-state index is 12.7. The molecule has 5 aliphatic rings. The lowest BCUT2D eigenvalue weighted by molar-refractivity contribution is -0.138.